The lowest BCUT2D eigenvalue weighted by Gasteiger charge is -2.13. The van der Waals surface area contributed by atoms with E-state index in [1.165, 1.54) is 10.6 Å². The normalized spacial score (nSPS) is 11.4. The lowest BCUT2D eigenvalue weighted by Crippen LogP contribution is -2.19. The van der Waals surface area contributed by atoms with Crippen molar-refractivity contribution in [1.29, 1.82) is 0 Å². The molecule has 0 aliphatic heterocycles. The fraction of sp³-hybridized carbons (Fsp3) is 0.357. The fourth-order valence-electron chi connectivity index (χ4n) is 2.16. The van der Waals surface area contributed by atoms with Crippen LogP contribution in [0.1, 0.15) is 30.9 Å². The first-order chi connectivity index (χ1) is 7.91. The minimum Gasteiger partial charge on any atom is -0.318 e. The van der Waals surface area contributed by atoms with Crippen molar-refractivity contribution in [3.05, 3.63) is 45.6 Å². The van der Waals surface area contributed by atoms with Crippen LogP contribution >= 0.6 is 0 Å². The molecule has 3 heteroatoms. The highest BCUT2D eigenvalue weighted by Crippen LogP contribution is 2.25. The number of hydrogen-bond acceptors (Lipinski definition) is 1. The summed E-state index contributed by atoms with van der Waals surface area (Å²) < 4.78 is 15.4. The molecule has 1 aromatic carbocycles. The Balaban J connectivity index is 3.04. The van der Waals surface area contributed by atoms with E-state index < -0.39 is 5.82 Å². The lowest BCUT2D eigenvalue weighted by atomic mass is 9.97. The van der Waals surface area contributed by atoms with Crippen molar-refractivity contribution >= 4 is 10.8 Å². The Kier molecular flexibility index (Phi) is 2.77. The molecule has 1 aromatic heterocycles. The molecule has 2 rings (SSSR count). The number of fused-ring (bicyclic) bond motifs is 1. The fourth-order valence-corrected chi connectivity index (χ4v) is 2.16. The molecule has 0 aliphatic rings. The molecule has 0 atom stereocenters. The second kappa shape index (κ2) is 3.99. The largest absolute Gasteiger partial charge is 0.318 e. The van der Waals surface area contributed by atoms with Gasteiger partial charge >= 0.3 is 0 Å². The predicted octanol–water partition coefficient (Wildman–Crippen LogP) is 3.11. The number of aryl methyl sites for hydroxylation is 2. The van der Waals surface area contributed by atoms with Crippen molar-refractivity contribution in [3.8, 4) is 0 Å². The molecule has 0 N–H and O–H groups in total. The van der Waals surface area contributed by atoms with Gasteiger partial charge < -0.3 is 4.57 Å². The second-order valence-corrected chi connectivity index (χ2v) is 4.82. The Bertz CT molecular complexity index is 641. The highest BCUT2D eigenvalue weighted by Gasteiger charge is 2.13. The Hall–Kier alpha value is -1.64. The number of nitrogens with zero attached hydrogens (tertiary/aromatic N) is 1. The third-order valence-electron chi connectivity index (χ3n) is 3.03. The minimum absolute atomic E-state index is 0.198. The van der Waals surface area contributed by atoms with Gasteiger partial charge in [-0.2, -0.15) is 0 Å². The standard InChI is InChI=1S/C14H16FNO/c1-8(2)11-7-16(4)14(17)13-10(11)5-9(3)6-12(13)15/h5-8H,1-4H3. The Morgan fingerprint density at radius 1 is 1.29 bits per heavy atom. The van der Waals surface area contributed by atoms with Gasteiger partial charge in [-0.05, 0) is 35.4 Å². The zero-order valence-corrected chi connectivity index (χ0v) is 10.5. The summed E-state index contributed by atoms with van der Waals surface area (Å²) in [5, 5.41) is 0.935. The zero-order valence-electron chi connectivity index (χ0n) is 10.5. The summed E-state index contributed by atoms with van der Waals surface area (Å²) in [4.78, 5) is 12.0. The molecule has 0 aliphatic carbocycles. The minimum atomic E-state index is -0.428. The van der Waals surface area contributed by atoms with Crippen LogP contribution in [0.3, 0.4) is 0 Å². The van der Waals surface area contributed by atoms with Gasteiger partial charge in [0.2, 0.25) is 0 Å². The molecule has 0 bridgehead atoms. The molecular weight excluding hydrogens is 217 g/mol. The summed E-state index contributed by atoms with van der Waals surface area (Å²) in [5.74, 6) is -0.173. The molecule has 0 radical (unpaired) electrons. The van der Waals surface area contributed by atoms with Crippen LogP contribution in [-0.2, 0) is 7.05 Å². The summed E-state index contributed by atoms with van der Waals surface area (Å²) in [6.45, 7) is 5.92. The van der Waals surface area contributed by atoms with Crippen LogP contribution in [0.5, 0.6) is 0 Å². The topological polar surface area (TPSA) is 22.0 Å². The van der Waals surface area contributed by atoms with Crippen LogP contribution in [0.2, 0.25) is 0 Å². The molecule has 0 unspecified atom stereocenters. The summed E-state index contributed by atoms with van der Waals surface area (Å²) >= 11 is 0. The monoisotopic (exact) mass is 233 g/mol. The highest BCUT2D eigenvalue weighted by molar-refractivity contribution is 5.86. The van der Waals surface area contributed by atoms with Crippen LogP contribution in [-0.4, -0.2) is 4.57 Å². The third-order valence-corrected chi connectivity index (χ3v) is 3.03. The molecular formula is C14H16FNO. The Morgan fingerprint density at radius 2 is 1.94 bits per heavy atom. The molecule has 2 nitrogen and oxygen atoms in total. The zero-order chi connectivity index (χ0) is 12.7. The average molecular weight is 233 g/mol. The first-order valence-corrected chi connectivity index (χ1v) is 5.71. The molecule has 17 heavy (non-hydrogen) atoms. The molecule has 90 valence electrons. The maximum Gasteiger partial charge on any atom is 0.261 e. The van der Waals surface area contributed by atoms with E-state index >= 15 is 0 Å². The second-order valence-electron chi connectivity index (χ2n) is 4.82. The van der Waals surface area contributed by atoms with E-state index in [9.17, 15) is 9.18 Å². The molecule has 0 amide bonds. The van der Waals surface area contributed by atoms with E-state index in [0.29, 0.717) is 0 Å². The van der Waals surface area contributed by atoms with Crippen molar-refractivity contribution in [2.24, 2.45) is 7.05 Å². The smallest absolute Gasteiger partial charge is 0.261 e. The molecule has 0 spiro atoms. The quantitative estimate of drug-likeness (QED) is 0.741. The summed E-state index contributed by atoms with van der Waals surface area (Å²) in [6, 6.07) is 3.29. The van der Waals surface area contributed by atoms with E-state index in [4.69, 9.17) is 0 Å². The van der Waals surface area contributed by atoms with E-state index in [2.05, 4.69) is 0 Å². The van der Waals surface area contributed by atoms with Crippen molar-refractivity contribution in [2.75, 3.05) is 0 Å². The van der Waals surface area contributed by atoms with Gasteiger partial charge in [-0.1, -0.05) is 19.9 Å². The van der Waals surface area contributed by atoms with Gasteiger partial charge in [0.25, 0.3) is 5.56 Å². The van der Waals surface area contributed by atoms with Crippen LogP contribution in [0.15, 0.2) is 23.1 Å². The van der Waals surface area contributed by atoms with Gasteiger partial charge in [-0.25, -0.2) is 4.39 Å². The summed E-state index contributed by atoms with van der Waals surface area (Å²) in [7, 11) is 1.66. The van der Waals surface area contributed by atoms with Gasteiger partial charge in [-0.3, -0.25) is 4.79 Å². The van der Waals surface area contributed by atoms with Crippen LogP contribution in [0.25, 0.3) is 10.8 Å². The number of rotatable bonds is 1. The molecule has 2 aromatic rings. The molecule has 1 heterocycles. The van der Waals surface area contributed by atoms with Gasteiger partial charge in [-0.15, -0.1) is 0 Å². The number of benzene rings is 1. The van der Waals surface area contributed by atoms with E-state index in [0.717, 1.165) is 16.5 Å². The van der Waals surface area contributed by atoms with Crippen molar-refractivity contribution in [3.63, 3.8) is 0 Å². The summed E-state index contributed by atoms with van der Waals surface area (Å²) in [5.41, 5.74) is 1.57. The van der Waals surface area contributed by atoms with E-state index in [1.54, 1.807) is 13.2 Å². The van der Waals surface area contributed by atoms with Crippen molar-refractivity contribution in [1.82, 2.24) is 4.57 Å². The van der Waals surface area contributed by atoms with E-state index in [-0.39, 0.29) is 16.9 Å². The molecule has 0 saturated heterocycles. The van der Waals surface area contributed by atoms with Gasteiger partial charge in [0.1, 0.15) is 5.82 Å². The first-order valence-electron chi connectivity index (χ1n) is 5.71. The first kappa shape index (κ1) is 11.8. The van der Waals surface area contributed by atoms with E-state index in [1.807, 2.05) is 26.8 Å². The van der Waals surface area contributed by atoms with Gasteiger partial charge in [0.15, 0.2) is 0 Å². The number of aromatic nitrogens is 1. The van der Waals surface area contributed by atoms with Crippen molar-refractivity contribution < 1.29 is 4.39 Å². The maximum absolute atomic E-state index is 13.9. The van der Waals surface area contributed by atoms with Crippen LogP contribution in [0, 0.1) is 12.7 Å². The summed E-state index contributed by atoms with van der Waals surface area (Å²) in [6.07, 6.45) is 1.80. The number of halogens is 1. The van der Waals surface area contributed by atoms with Crippen molar-refractivity contribution in [2.45, 2.75) is 26.7 Å². The Labute approximate surface area is 99.7 Å². The predicted molar refractivity (Wildman–Crippen MR) is 68.0 cm³/mol. The molecule has 0 saturated carbocycles. The van der Waals surface area contributed by atoms with Gasteiger partial charge in [0, 0.05) is 13.2 Å². The molecule has 0 fully saturated rings. The van der Waals surface area contributed by atoms with Gasteiger partial charge in [0.05, 0.1) is 5.39 Å². The van der Waals surface area contributed by atoms with Crippen LogP contribution in [0.4, 0.5) is 4.39 Å². The number of hydrogen-bond donors (Lipinski definition) is 0. The SMILES string of the molecule is Cc1cc(F)c2c(=O)n(C)cc(C(C)C)c2c1. The highest BCUT2D eigenvalue weighted by atomic mass is 19.1. The lowest BCUT2D eigenvalue weighted by molar-refractivity contribution is 0.635. The Morgan fingerprint density at radius 3 is 2.53 bits per heavy atom. The number of pyridine rings is 1. The maximum atomic E-state index is 13.9. The third kappa shape index (κ3) is 1.86. The van der Waals surface area contributed by atoms with Crippen LogP contribution < -0.4 is 5.56 Å². The average Bonchev–Trinajstić information content (AvgIpc) is 2.21.